The van der Waals surface area contributed by atoms with Gasteiger partial charge in [-0.25, -0.2) is 4.68 Å². The van der Waals surface area contributed by atoms with Crippen molar-refractivity contribution in [2.24, 2.45) is 0 Å². The summed E-state index contributed by atoms with van der Waals surface area (Å²) in [6.07, 6.45) is 0. The van der Waals surface area contributed by atoms with E-state index in [4.69, 9.17) is 11.6 Å². The Morgan fingerprint density at radius 3 is 2.35 bits per heavy atom. The van der Waals surface area contributed by atoms with E-state index >= 15 is 0 Å². The summed E-state index contributed by atoms with van der Waals surface area (Å²) in [5.74, 6) is 0.553. The molecular formula is C14H17ClN2. The lowest BCUT2D eigenvalue weighted by Gasteiger charge is -2.09. The second kappa shape index (κ2) is 4.53. The average Bonchev–Trinajstić information content (AvgIpc) is 2.57. The number of aromatic nitrogens is 2. The monoisotopic (exact) mass is 248 g/mol. The molecule has 2 rings (SSSR count). The van der Waals surface area contributed by atoms with Crippen molar-refractivity contribution >= 4 is 11.6 Å². The fourth-order valence-electron chi connectivity index (χ4n) is 1.99. The van der Waals surface area contributed by atoms with Crippen molar-refractivity contribution in [3.63, 3.8) is 0 Å². The van der Waals surface area contributed by atoms with Crippen LogP contribution in [0.4, 0.5) is 0 Å². The highest BCUT2D eigenvalue weighted by atomic mass is 35.5. The summed E-state index contributed by atoms with van der Waals surface area (Å²) in [7, 11) is 0. The number of rotatable bonds is 2. The highest BCUT2D eigenvalue weighted by Crippen LogP contribution is 2.21. The van der Waals surface area contributed by atoms with Gasteiger partial charge in [0.1, 0.15) is 0 Å². The van der Waals surface area contributed by atoms with Gasteiger partial charge < -0.3 is 0 Å². The number of halogens is 1. The third-order valence-corrected chi connectivity index (χ3v) is 3.61. The standard InChI is InChI=1S/C14H17ClN2/c1-9-7-13(8-15)5-6-14(9)17-12(4)10(2)11(3)16-17/h5-7H,8H2,1-4H3. The van der Waals surface area contributed by atoms with Gasteiger partial charge in [-0.3, -0.25) is 0 Å². The van der Waals surface area contributed by atoms with Crippen LogP contribution in [-0.4, -0.2) is 9.78 Å². The maximum Gasteiger partial charge on any atom is 0.0678 e. The number of benzene rings is 1. The highest BCUT2D eigenvalue weighted by Gasteiger charge is 2.10. The van der Waals surface area contributed by atoms with E-state index in [0.29, 0.717) is 5.88 Å². The summed E-state index contributed by atoms with van der Waals surface area (Å²) in [5, 5.41) is 4.58. The number of hydrogen-bond acceptors (Lipinski definition) is 1. The summed E-state index contributed by atoms with van der Waals surface area (Å²) in [5.41, 5.74) is 7.02. The Morgan fingerprint density at radius 1 is 1.18 bits per heavy atom. The molecule has 0 amide bonds. The Hall–Kier alpha value is -1.28. The SMILES string of the molecule is Cc1cc(CCl)ccc1-n1nc(C)c(C)c1C. The second-order valence-corrected chi connectivity index (χ2v) is 4.73. The van der Waals surface area contributed by atoms with Gasteiger partial charge in [0.2, 0.25) is 0 Å². The fraction of sp³-hybridized carbons (Fsp3) is 0.357. The smallest absolute Gasteiger partial charge is 0.0678 e. The van der Waals surface area contributed by atoms with Crippen LogP contribution in [0.1, 0.15) is 28.1 Å². The molecule has 0 atom stereocenters. The predicted octanol–water partition coefficient (Wildman–Crippen LogP) is 3.84. The largest absolute Gasteiger partial charge is 0.237 e. The molecule has 0 fully saturated rings. The first-order chi connectivity index (χ1) is 8.04. The molecule has 0 aliphatic carbocycles. The van der Waals surface area contributed by atoms with Gasteiger partial charge in [-0.15, -0.1) is 11.6 Å². The van der Waals surface area contributed by atoms with Crippen LogP contribution >= 0.6 is 11.6 Å². The second-order valence-electron chi connectivity index (χ2n) is 4.46. The van der Waals surface area contributed by atoms with Crippen LogP contribution in [0.15, 0.2) is 18.2 Å². The van der Waals surface area contributed by atoms with E-state index in [-0.39, 0.29) is 0 Å². The lowest BCUT2D eigenvalue weighted by Crippen LogP contribution is -2.02. The molecule has 1 aromatic heterocycles. The minimum atomic E-state index is 0.553. The Kier molecular flexibility index (Phi) is 3.25. The van der Waals surface area contributed by atoms with Gasteiger partial charge >= 0.3 is 0 Å². The highest BCUT2D eigenvalue weighted by molar-refractivity contribution is 6.17. The first-order valence-electron chi connectivity index (χ1n) is 5.73. The minimum absolute atomic E-state index is 0.553. The average molecular weight is 249 g/mol. The van der Waals surface area contributed by atoms with E-state index in [0.717, 1.165) is 16.9 Å². The molecule has 0 aliphatic heterocycles. The number of hydrogen-bond donors (Lipinski definition) is 0. The molecule has 17 heavy (non-hydrogen) atoms. The van der Waals surface area contributed by atoms with Gasteiger partial charge in [-0.1, -0.05) is 12.1 Å². The fourth-order valence-corrected chi connectivity index (χ4v) is 2.16. The maximum absolute atomic E-state index is 5.84. The van der Waals surface area contributed by atoms with E-state index in [9.17, 15) is 0 Å². The normalized spacial score (nSPS) is 10.9. The van der Waals surface area contributed by atoms with Crippen molar-refractivity contribution in [2.45, 2.75) is 33.6 Å². The van der Waals surface area contributed by atoms with Crippen LogP contribution in [0.5, 0.6) is 0 Å². The zero-order valence-electron chi connectivity index (χ0n) is 10.7. The van der Waals surface area contributed by atoms with Crippen LogP contribution in [0.25, 0.3) is 5.69 Å². The predicted molar refractivity (Wildman–Crippen MR) is 72.1 cm³/mol. The molecule has 0 spiro atoms. The van der Waals surface area contributed by atoms with Crippen LogP contribution in [0, 0.1) is 27.7 Å². The molecule has 0 saturated carbocycles. The molecule has 0 saturated heterocycles. The van der Waals surface area contributed by atoms with Crippen molar-refractivity contribution < 1.29 is 0 Å². The minimum Gasteiger partial charge on any atom is -0.237 e. The molecule has 0 radical (unpaired) electrons. The molecule has 1 heterocycles. The molecule has 0 N–H and O–H groups in total. The number of nitrogens with zero attached hydrogens (tertiary/aromatic N) is 2. The molecule has 3 heteroatoms. The maximum atomic E-state index is 5.84. The van der Waals surface area contributed by atoms with Crippen LogP contribution in [-0.2, 0) is 5.88 Å². The summed E-state index contributed by atoms with van der Waals surface area (Å²) in [4.78, 5) is 0. The van der Waals surface area contributed by atoms with Gasteiger partial charge in [0.25, 0.3) is 0 Å². The summed E-state index contributed by atoms with van der Waals surface area (Å²) in [6, 6.07) is 6.27. The third kappa shape index (κ3) is 2.09. The molecule has 0 aliphatic rings. The van der Waals surface area contributed by atoms with E-state index in [1.165, 1.54) is 16.8 Å². The summed E-state index contributed by atoms with van der Waals surface area (Å²) >= 11 is 5.84. The first kappa shape index (κ1) is 12.2. The zero-order valence-corrected chi connectivity index (χ0v) is 11.5. The van der Waals surface area contributed by atoms with Gasteiger partial charge in [-0.2, -0.15) is 5.10 Å². The van der Waals surface area contributed by atoms with Crippen molar-refractivity contribution in [1.29, 1.82) is 0 Å². The van der Waals surface area contributed by atoms with E-state index in [2.05, 4.69) is 44.1 Å². The Bertz CT molecular complexity index is 556. The van der Waals surface area contributed by atoms with E-state index in [1.807, 2.05) is 11.6 Å². The van der Waals surface area contributed by atoms with Crippen LogP contribution in [0.2, 0.25) is 0 Å². The van der Waals surface area contributed by atoms with Gasteiger partial charge in [-0.05, 0) is 50.5 Å². The molecule has 1 aromatic carbocycles. The lowest BCUT2D eigenvalue weighted by molar-refractivity contribution is 0.826. The Balaban J connectivity index is 2.57. The summed E-state index contributed by atoms with van der Waals surface area (Å²) < 4.78 is 2.01. The van der Waals surface area contributed by atoms with Crippen molar-refractivity contribution in [3.05, 3.63) is 46.3 Å². The van der Waals surface area contributed by atoms with Crippen molar-refractivity contribution in [2.75, 3.05) is 0 Å². The Morgan fingerprint density at radius 2 is 1.88 bits per heavy atom. The number of alkyl halides is 1. The first-order valence-corrected chi connectivity index (χ1v) is 6.26. The quantitative estimate of drug-likeness (QED) is 0.739. The lowest BCUT2D eigenvalue weighted by atomic mass is 10.1. The van der Waals surface area contributed by atoms with Crippen molar-refractivity contribution in [1.82, 2.24) is 9.78 Å². The number of aryl methyl sites for hydroxylation is 2. The van der Waals surface area contributed by atoms with Gasteiger partial charge in [0.15, 0.2) is 0 Å². The molecule has 0 unspecified atom stereocenters. The van der Waals surface area contributed by atoms with Gasteiger partial charge in [0.05, 0.1) is 11.4 Å². The van der Waals surface area contributed by atoms with E-state index < -0.39 is 0 Å². The third-order valence-electron chi connectivity index (χ3n) is 3.30. The molecule has 0 bridgehead atoms. The van der Waals surface area contributed by atoms with Crippen LogP contribution in [0.3, 0.4) is 0 Å². The van der Waals surface area contributed by atoms with Crippen molar-refractivity contribution in [3.8, 4) is 5.69 Å². The molecule has 90 valence electrons. The topological polar surface area (TPSA) is 17.8 Å². The molecular weight excluding hydrogens is 232 g/mol. The van der Waals surface area contributed by atoms with Gasteiger partial charge in [0, 0.05) is 11.6 Å². The molecule has 2 nitrogen and oxygen atoms in total. The molecule has 2 aromatic rings. The van der Waals surface area contributed by atoms with Crippen LogP contribution < -0.4 is 0 Å². The Labute approximate surface area is 107 Å². The summed E-state index contributed by atoms with van der Waals surface area (Å²) in [6.45, 7) is 8.35. The zero-order chi connectivity index (χ0) is 12.6. The van der Waals surface area contributed by atoms with E-state index in [1.54, 1.807) is 0 Å².